The summed E-state index contributed by atoms with van der Waals surface area (Å²) in [4.78, 5) is 0. The molecule has 0 amide bonds. The second-order valence-corrected chi connectivity index (χ2v) is 7.97. The number of ketones is 1. The molecule has 5 aromatic rings. The quantitative estimate of drug-likeness (QED) is 0.166. The molecular formula is C27H17BF2O2. The lowest BCUT2D eigenvalue weighted by molar-refractivity contribution is -0.183. The molecule has 5 aromatic carbocycles. The van der Waals surface area contributed by atoms with E-state index in [2.05, 4.69) is 18.2 Å². The third-order valence-electron chi connectivity index (χ3n) is 5.81. The van der Waals surface area contributed by atoms with E-state index in [1.165, 1.54) is 0 Å². The Morgan fingerprint density at radius 2 is 1.09 bits per heavy atom. The molecule has 32 heavy (non-hydrogen) atoms. The highest BCUT2D eigenvalue weighted by atomic mass is 19.3. The van der Waals surface area contributed by atoms with Gasteiger partial charge in [0.15, 0.2) is 0 Å². The molecule has 1 aliphatic heterocycles. The number of hydrogen-bond donors (Lipinski definition) is 0. The molecule has 0 bridgehead atoms. The van der Waals surface area contributed by atoms with Gasteiger partial charge in [0, 0.05) is 5.56 Å². The summed E-state index contributed by atoms with van der Waals surface area (Å²) in [7, 11) is -4.48. The molecule has 0 radical (unpaired) electrons. The van der Waals surface area contributed by atoms with Crippen LogP contribution in [0.4, 0.5) is 8.63 Å². The third-order valence-corrected chi connectivity index (χ3v) is 5.81. The van der Waals surface area contributed by atoms with Crippen LogP contribution in [0.1, 0.15) is 15.5 Å². The minimum absolute atomic E-state index is 0.0967. The van der Waals surface area contributed by atoms with Gasteiger partial charge in [0.05, 0.1) is 17.4 Å². The normalized spacial score (nSPS) is 15.4. The van der Waals surface area contributed by atoms with Crippen molar-refractivity contribution in [1.29, 1.82) is 0 Å². The lowest BCUT2D eigenvalue weighted by atomic mass is 9.98. The van der Waals surface area contributed by atoms with Crippen molar-refractivity contribution in [3.8, 4) is 0 Å². The van der Waals surface area contributed by atoms with Gasteiger partial charge in [-0.25, -0.2) is 0 Å². The summed E-state index contributed by atoms with van der Waals surface area (Å²) in [5.41, 5.74) is 1.16. The summed E-state index contributed by atoms with van der Waals surface area (Å²) < 4.78 is 38.9. The van der Waals surface area contributed by atoms with Gasteiger partial charge in [-0.15, -0.1) is 0 Å². The second kappa shape index (κ2) is 7.03. The molecule has 0 saturated carbocycles. The fraction of sp³-hybridized carbons (Fsp3) is 0. The first kappa shape index (κ1) is 18.8. The van der Waals surface area contributed by atoms with E-state index in [1.54, 1.807) is 18.2 Å². The van der Waals surface area contributed by atoms with E-state index in [0.717, 1.165) is 32.3 Å². The number of benzene rings is 5. The topological polar surface area (TPSA) is 20.5 Å². The van der Waals surface area contributed by atoms with E-state index in [4.69, 9.17) is 9.00 Å². The van der Waals surface area contributed by atoms with Crippen LogP contribution in [0.15, 0.2) is 103 Å². The number of carbonyl (C=O) groups excluding carboxylic acids is 1. The first-order valence-electron chi connectivity index (χ1n) is 10.4. The molecule has 0 aliphatic carbocycles. The average molecular weight is 422 g/mol. The molecule has 154 valence electrons. The van der Waals surface area contributed by atoms with Crippen LogP contribution in [-0.4, -0.2) is 12.9 Å². The minimum atomic E-state index is -4.48. The van der Waals surface area contributed by atoms with Crippen molar-refractivity contribution in [2.24, 2.45) is 0 Å². The number of allylic oxidation sites excluding steroid dienone is 1. The Balaban J connectivity index is 1.46. The number of rotatable bonds is 2. The SMILES string of the molecule is F[B-]1(F)OC(c2ccc3ccccc3c2)=CC(c2ccc3cc4ccccc4cc3c2)=[O+]1. The van der Waals surface area contributed by atoms with Gasteiger partial charge in [0.25, 0.3) is 5.78 Å². The summed E-state index contributed by atoms with van der Waals surface area (Å²) in [6, 6.07) is 31.2. The Morgan fingerprint density at radius 3 is 1.84 bits per heavy atom. The Bertz CT molecular complexity index is 1590. The van der Waals surface area contributed by atoms with Gasteiger partial charge in [-0.05, 0) is 62.6 Å². The molecule has 0 N–H and O–H groups in total. The zero-order valence-electron chi connectivity index (χ0n) is 17.0. The lowest BCUT2D eigenvalue weighted by Gasteiger charge is -2.20. The molecule has 0 spiro atoms. The van der Waals surface area contributed by atoms with E-state index in [1.807, 2.05) is 66.7 Å². The smallest absolute Gasteiger partial charge is 0.569 e. The largest absolute Gasteiger partial charge is 0.995 e. The van der Waals surface area contributed by atoms with Gasteiger partial charge in [-0.2, -0.15) is 0 Å². The molecule has 0 atom stereocenters. The molecule has 1 heterocycles. The molecule has 0 saturated heterocycles. The fourth-order valence-corrected chi connectivity index (χ4v) is 4.25. The highest BCUT2D eigenvalue weighted by Crippen LogP contribution is 2.31. The van der Waals surface area contributed by atoms with E-state index >= 15 is 0 Å². The van der Waals surface area contributed by atoms with Gasteiger partial charge in [-0.3, -0.25) is 0 Å². The van der Waals surface area contributed by atoms with Crippen molar-refractivity contribution in [1.82, 2.24) is 0 Å². The van der Waals surface area contributed by atoms with Crippen molar-refractivity contribution < 1.29 is 17.6 Å². The van der Waals surface area contributed by atoms with Crippen LogP contribution in [0.2, 0.25) is 0 Å². The standard InChI is InChI=1S/C27H17BF2O2/c29-28(30)31-26(23-11-9-18-5-1-2-6-19(18)14-23)17-27(32-28)24-12-10-22-13-20-7-3-4-8-21(20)15-25(22)16-24/h1-17H. The molecule has 0 fully saturated rings. The number of halogens is 2. The Morgan fingerprint density at radius 1 is 0.562 bits per heavy atom. The summed E-state index contributed by atoms with van der Waals surface area (Å²) in [5.74, 6) is 0.195. The van der Waals surface area contributed by atoms with Crippen molar-refractivity contribution in [2.75, 3.05) is 0 Å². The fourth-order valence-electron chi connectivity index (χ4n) is 4.25. The Hall–Kier alpha value is -3.99. The van der Waals surface area contributed by atoms with Gasteiger partial charge in [-0.1, -0.05) is 66.7 Å². The van der Waals surface area contributed by atoms with Crippen LogP contribution in [0.25, 0.3) is 38.1 Å². The molecule has 6 rings (SSSR count). The van der Waals surface area contributed by atoms with Crippen LogP contribution in [0, 0.1) is 0 Å². The predicted octanol–water partition coefficient (Wildman–Crippen LogP) is 7.31. The molecule has 0 unspecified atom stereocenters. The van der Waals surface area contributed by atoms with E-state index in [0.29, 0.717) is 11.1 Å². The maximum atomic E-state index is 14.5. The van der Waals surface area contributed by atoms with Crippen LogP contribution in [0.5, 0.6) is 0 Å². The molecule has 5 heteroatoms. The van der Waals surface area contributed by atoms with Gasteiger partial charge < -0.3 is 17.6 Å². The minimum Gasteiger partial charge on any atom is -0.569 e. The van der Waals surface area contributed by atoms with Crippen molar-refractivity contribution in [3.63, 3.8) is 0 Å². The summed E-state index contributed by atoms with van der Waals surface area (Å²) in [5, 5.41) is 6.22. The first-order chi connectivity index (χ1) is 15.5. The predicted molar refractivity (Wildman–Crippen MR) is 127 cm³/mol. The maximum Gasteiger partial charge on any atom is 0.995 e. The molecule has 1 aliphatic rings. The van der Waals surface area contributed by atoms with E-state index in [9.17, 15) is 8.63 Å². The lowest BCUT2D eigenvalue weighted by Crippen LogP contribution is -2.31. The van der Waals surface area contributed by atoms with Crippen molar-refractivity contribution in [2.45, 2.75) is 0 Å². The van der Waals surface area contributed by atoms with Crippen LogP contribution >= 0.6 is 0 Å². The summed E-state index contributed by atoms with van der Waals surface area (Å²) in [6.07, 6.45) is 1.55. The first-order valence-corrected chi connectivity index (χ1v) is 10.4. The van der Waals surface area contributed by atoms with Crippen LogP contribution < -0.4 is 0 Å². The van der Waals surface area contributed by atoms with Crippen molar-refractivity contribution >= 4 is 51.0 Å². The average Bonchev–Trinajstić information content (AvgIpc) is 2.81. The van der Waals surface area contributed by atoms with Gasteiger partial charge in [0.2, 0.25) is 0 Å². The third kappa shape index (κ3) is 3.32. The monoisotopic (exact) mass is 422 g/mol. The van der Waals surface area contributed by atoms with Crippen LogP contribution in [-0.2, 0) is 4.65 Å². The second-order valence-electron chi connectivity index (χ2n) is 7.97. The highest BCUT2D eigenvalue weighted by Gasteiger charge is 2.53. The number of hydrogen-bond acceptors (Lipinski definition) is 1. The molecular weight excluding hydrogens is 405 g/mol. The number of fused-ring (bicyclic) bond motifs is 3. The molecule has 2 nitrogen and oxygen atoms in total. The zero-order valence-corrected chi connectivity index (χ0v) is 17.0. The van der Waals surface area contributed by atoms with Crippen molar-refractivity contribution in [3.05, 3.63) is 114 Å². The summed E-state index contributed by atoms with van der Waals surface area (Å²) in [6.45, 7) is 0. The Labute approximate surface area is 183 Å². The Kier molecular flexibility index (Phi) is 4.12. The van der Waals surface area contributed by atoms with E-state index < -0.39 is 7.11 Å². The highest BCUT2D eigenvalue weighted by molar-refractivity contribution is 6.52. The molecule has 0 aromatic heterocycles. The van der Waals surface area contributed by atoms with Gasteiger partial charge in [0.1, 0.15) is 0 Å². The van der Waals surface area contributed by atoms with E-state index in [-0.39, 0.29) is 11.5 Å². The maximum absolute atomic E-state index is 14.5. The van der Waals surface area contributed by atoms with Gasteiger partial charge >= 0.3 is 7.11 Å². The zero-order chi connectivity index (χ0) is 21.7. The summed E-state index contributed by atoms with van der Waals surface area (Å²) >= 11 is 0. The van der Waals surface area contributed by atoms with Crippen LogP contribution in [0.3, 0.4) is 0 Å².